The number of carbonyl (C=O) groups is 1. The van der Waals surface area contributed by atoms with Gasteiger partial charge in [0, 0.05) is 5.56 Å². The van der Waals surface area contributed by atoms with Gasteiger partial charge in [-0.1, -0.05) is 25.3 Å². The highest BCUT2D eigenvalue weighted by Gasteiger charge is 2.46. The third kappa shape index (κ3) is 2.62. The number of hydrogen-bond donors (Lipinski definition) is 1. The van der Waals surface area contributed by atoms with Crippen LogP contribution in [0.2, 0.25) is 0 Å². The van der Waals surface area contributed by atoms with Gasteiger partial charge in [-0.25, -0.2) is 0 Å². The summed E-state index contributed by atoms with van der Waals surface area (Å²) in [6.07, 6.45) is -1.42. The highest BCUT2D eigenvalue weighted by Crippen LogP contribution is 2.51. The maximum absolute atomic E-state index is 13.2. The smallest absolute Gasteiger partial charge is 0.420 e. The van der Waals surface area contributed by atoms with Gasteiger partial charge in [-0.3, -0.25) is 4.79 Å². The molecule has 1 N–H and O–H groups in total. The molecule has 7 heteroatoms. The van der Waals surface area contributed by atoms with E-state index in [1.165, 1.54) is 6.07 Å². The van der Waals surface area contributed by atoms with Crippen LogP contribution in [-0.4, -0.2) is 24.3 Å². The van der Waals surface area contributed by atoms with E-state index in [-0.39, 0.29) is 24.7 Å². The maximum Gasteiger partial charge on any atom is 0.420 e. The van der Waals surface area contributed by atoms with Crippen molar-refractivity contribution in [3.05, 3.63) is 23.3 Å². The number of aliphatic carboxylic acids is 1. The molecule has 0 saturated heterocycles. The van der Waals surface area contributed by atoms with Gasteiger partial charge in [0.05, 0.1) is 5.41 Å². The van der Waals surface area contributed by atoms with Crippen molar-refractivity contribution < 1.29 is 32.5 Å². The Morgan fingerprint density at radius 3 is 2.22 bits per heavy atom. The van der Waals surface area contributed by atoms with Crippen molar-refractivity contribution in [2.45, 2.75) is 43.7 Å². The molecule has 0 radical (unpaired) electrons. The minimum atomic E-state index is -4.58. The first-order valence-corrected chi connectivity index (χ1v) is 7.60. The minimum Gasteiger partial charge on any atom is -0.486 e. The second-order valence-electron chi connectivity index (χ2n) is 5.96. The number of rotatable bonds is 2. The van der Waals surface area contributed by atoms with Crippen molar-refractivity contribution in [1.29, 1.82) is 0 Å². The number of hydrogen-bond acceptors (Lipinski definition) is 3. The molecule has 1 fully saturated rings. The maximum atomic E-state index is 13.2. The normalized spacial score (nSPS) is 20.1. The molecular formula is C16H17F3O4. The monoisotopic (exact) mass is 330 g/mol. The largest absolute Gasteiger partial charge is 0.486 e. The SMILES string of the molecule is O=C(O)C1(c2ccc(C(F)(F)F)c3c2OCCO3)CCCCC1. The molecular weight excluding hydrogens is 313 g/mol. The molecule has 0 atom stereocenters. The van der Waals surface area contributed by atoms with E-state index in [0.29, 0.717) is 18.4 Å². The van der Waals surface area contributed by atoms with Crippen LogP contribution in [0.4, 0.5) is 13.2 Å². The molecule has 3 rings (SSSR count). The summed E-state index contributed by atoms with van der Waals surface area (Å²) in [6, 6.07) is 2.15. The summed E-state index contributed by atoms with van der Waals surface area (Å²) in [4.78, 5) is 11.9. The topological polar surface area (TPSA) is 55.8 Å². The Morgan fingerprint density at radius 1 is 1.04 bits per heavy atom. The predicted octanol–water partition coefficient (Wildman–Crippen LogP) is 3.76. The highest BCUT2D eigenvalue weighted by atomic mass is 19.4. The van der Waals surface area contributed by atoms with Crippen LogP contribution in [0.3, 0.4) is 0 Å². The van der Waals surface area contributed by atoms with E-state index in [2.05, 4.69) is 0 Å². The summed E-state index contributed by atoms with van der Waals surface area (Å²) in [6.45, 7) is 0.122. The van der Waals surface area contributed by atoms with E-state index >= 15 is 0 Å². The summed E-state index contributed by atoms with van der Waals surface area (Å²) < 4.78 is 50.1. The van der Waals surface area contributed by atoms with Gasteiger partial charge in [0.25, 0.3) is 0 Å². The number of alkyl halides is 3. The van der Waals surface area contributed by atoms with E-state index in [0.717, 1.165) is 25.3 Å². The van der Waals surface area contributed by atoms with E-state index in [9.17, 15) is 23.1 Å². The number of carboxylic acids is 1. The Labute approximate surface area is 131 Å². The summed E-state index contributed by atoms with van der Waals surface area (Å²) in [5, 5.41) is 9.75. The van der Waals surface area contributed by atoms with Crippen LogP contribution in [0.5, 0.6) is 11.5 Å². The molecule has 0 amide bonds. The third-order valence-corrected chi connectivity index (χ3v) is 4.63. The van der Waals surface area contributed by atoms with Crippen LogP contribution in [-0.2, 0) is 16.4 Å². The summed E-state index contributed by atoms with van der Waals surface area (Å²) in [5.74, 6) is -1.46. The molecule has 0 aromatic heterocycles. The van der Waals surface area contributed by atoms with E-state index < -0.39 is 23.1 Å². The van der Waals surface area contributed by atoms with Crippen LogP contribution in [0.25, 0.3) is 0 Å². The molecule has 1 saturated carbocycles. The van der Waals surface area contributed by atoms with Gasteiger partial charge in [0.15, 0.2) is 11.5 Å². The standard InChI is InChI=1S/C16H17F3O4/c17-16(18,19)11-5-4-10(12-13(11)23-9-8-22-12)15(14(20)21)6-2-1-3-7-15/h4-5H,1-3,6-9H2,(H,20,21). The number of benzene rings is 1. The summed E-state index contributed by atoms with van der Waals surface area (Å²) >= 11 is 0. The summed E-state index contributed by atoms with van der Waals surface area (Å²) in [5.41, 5.74) is -1.83. The fourth-order valence-corrected chi connectivity index (χ4v) is 3.49. The molecule has 2 aliphatic rings. The van der Waals surface area contributed by atoms with Crippen molar-refractivity contribution >= 4 is 5.97 Å². The van der Waals surface area contributed by atoms with Crippen LogP contribution >= 0.6 is 0 Å². The Balaban J connectivity index is 2.18. The Bertz CT molecular complexity index is 618. The highest BCUT2D eigenvalue weighted by molar-refractivity contribution is 5.83. The average molecular weight is 330 g/mol. The first-order valence-electron chi connectivity index (χ1n) is 7.60. The van der Waals surface area contributed by atoms with Gasteiger partial charge < -0.3 is 14.6 Å². The molecule has 1 aromatic carbocycles. The number of ether oxygens (including phenoxy) is 2. The van der Waals surface area contributed by atoms with Gasteiger partial charge in [-0.2, -0.15) is 13.2 Å². The average Bonchev–Trinajstić information content (AvgIpc) is 2.53. The first kappa shape index (κ1) is 16.0. The second-order valence-corrected chi connectivity index (χ2v) is 5.96. The molecule has 0 unspecified atom stereocenters. The molecule has 1 aliphatic carbocycles. The lowest BCUT2D eigenvalue weighted by Gasteiger charge is -2.36. The Kier molecular flexibility index (Phi) is 3.90. The Morgan fingerprint density at radius 2 is 1.65 bits per heavy atom. The molecule has 0 bridgehead atoms. The van der Waals surface area contributed by atoms with Crippen molar-refractivity contribution in [3.8, 4) is 11.5 Å². The lowest BCUT2D eigenvalue weighted by atomic mass is 9.69. The molecule has 1 heterocycles. The quantitative estimate of drug-likeness (QED) is 0.897. The fraction of sp³-hybridized carbons (Fsp3) is 0.562. The third-order valence-electron chi connectivity index (χ3n) is 4.63. The number of carboxylic acid groups (broad SMARTS) is 1. The van der Waals surface area contributed by atoms with Crippen molar-refractivity contribution in [2.75, 3.05) is 13.2 Å². The van der Waals surface area contributed by atoms with Crippen LogP contribution in [0, 0.1) is 0 Å². The van der Waals surface area contributed by atoms with E-state index in [1.54, 1.807) is 0 Å². The predicted molar refractivity (Wildman–Crippen MR) is 74.8 cm³/mol. The van der Waals surface area contributed by atoms with E-state index in [4.69, 9.17) is 9.47 Å². The first-order chi connectivity index (χ1) is 10.9. The van der Waals surface area contributed by atoms with E-state index in [1.807, 2.05) is 0 Å². The molecule has 1 aliphatic heterocycles. The van der Waals surface area contributed by atoms with Crippen molar-refractivity contribution in [2.24, 2.45) is 0 Å². The van der Waals surface area contributed by atoms with Gasteiger partial charge in [0.1, 0.15) is 18.8 Å². The Hall–Kier alpha value is -1.92. The molecule has 4 nitrogen and oxygen atoms in total. The second kappa shape index (κ2) is 5.62. The van der Waals surface area contributed by atoms with Gasteiger partial charge in [-0.05, 0) is 18.9 Å². The molecule has 1 aromatic rings. The van der Waals surface area contributed by atoms with Crippen LogP contribution in [0.15, 0.2) is 12.1 Å². The zero-order valence-electron chi connectivity index (χ0n) is 12.4. The van der Waals surface area contributed by atoms with Gasteiger partial charge in [0.2, 0.25) is 0 Å². The lowest BCUT2D eigenvalue weighted by Crippen LogP contribution is -2.39. The number of halogens is 3. The fourth-order valence-electron chi connectivity index (χ4n) is 3.49. The molecule has 126 valence electrons. The molecule has 0 spiro atoms. The lowest BCUT2D eigenvalue weighted by molar-refractivity contribution is -0.145. The zero-order valence-corrected chi connectivity index (χ0v) is 12.4. The van der Waals surface area contributed by atoms with Crippen LogP contribution in [0.1, 0.15) is 43.2 Å². The number of fused-ring (bicyclic) bond motifs is 1. The van der Waals surface area contributed by atoms with Gasteiger partial charge >= 0.3 is 12.1 Å². The van der Waals surface area contributed by atoms with Gasteiger partial charge in [-0.15, -0.1) is 0 Å². The van der Waals surface area contributed by atoms with Crippen molar-refractivity contribution in [1.82, 2.24) is 0 Å². The summed E-state index contributed by atoms with van der Waals surface area (Å²) in [7, 11) is 0. The molecule has 23 heavy (non-hydrogen) atoms. The zero-order chi connectivity index (χ0) is 16.7. The van der Waals surface area contributed by atoms with Crippen molar-refractivity contribution in [3.63, 3.8) is 0 Å². The minimum absolute atomic E-state index is 0.0135. The van der Waals surface area contributed by atoms with Crippen LogP contribution < -0.4 is 9.47 Å².